The Morgan fingerprint density at radius 3 is 2.41 bits per heavy atom. The summed E-state index contributed by atoms with van der Waals surface area (Å²) in [6.45, 7) is 16.2. The predicted molar refractivity (Wildman–Crippen MR) is 213 cm³/mol. The number of benzene rings is 1. The summed E-state index contributed by atoms with van der Waals surface area (Å²) in [7, 11) is -6.60. The minimum Gasteiger partial charge on any atom is -0.490 e. The molecule has 0 saturated heterocycles. The highest BCUT2D eigenvalue weighted by atomic mass is 32.2. The molecule has 0 spiro atoms. The molecule has 0 unspecified atom stereocenters. The number of amides is 2. The molecule has 1 fully saturated rings. The average Bonchev–Trinajstić information content (AvgIpc) is 3.09. The van der Waals surface area contributed by atoms with E-state index in [2.05, 4.69) is 43.6 Å². The van der Waals surface area contributed by atoms with Crippen LogP contribution >= 0.6 is 0 Å². The van der Waals surface area contributed by atoms with Crippen LogP contribution in [0, 0.1) is 16.7 Å². The number of sulfonamides is 1. The normalized spacial score (nSPS) is 18.9. The van der Waals surface area contributed by atoms with Crippen molar-refractivity contribution in [1.29, 1.82) is 5.26 Å². The summed E-state index contributed by atoms with van der Waals surface area (Å²) in [5, 5.41) is 9.00. The summed E-state index contributed by atoms with van der Waals surface area (Å²) in [4.78, 5) is 33.8. The third kappa shape index (κ3) is 12.0. The number of pyridine rings is 1. The van der Waals surface area contributed by atoms with Crippen molar-refractivity contribution in [3.05, 3.63) is 78.1 Å². The van der Waals surface area contributed by atoms with Crippen molar-refractivity contribution in [1.82, 2.24) is 14.6 Å². The lowest BCUT2D eigenvalue weighted by Crippen LogP contribution is -2.48. The zero-order valence-electron chi connectivity index (χ0n) is 33.2. The molecule has 0 radical (unpaired) electrons. The third-order valence-corrected chi connectivity index (χ3v) is 15.9. The standard InChI is InChI=1S/C41H58N4O7SSi/c1-39(2,3)51-38(47)45(30-36(33-15-13-25-43-29-33)52-54(7,8)40(4,5)6)26-23-41(37(46)44-53(48,49)27-24-42)21-19-31(20-22-41)32-14-12-18-35(28-32)50-34-16-10-9-11-17-34/h12-15,18-21,25,28-29,34,36H,9-11,16-17,22-23,26-27,30H2,1-8H3,(H,44,46)/t36-,41+/m0/s1. The van der Waals surface area contributed by atoms with E-state index in [1.165, 1.54) is 11.3 Å². The molecule has 2 atom stereocenters. The summed E-state index contributed by atoms with van der Waals surface area (Å²) in [5.41, 5.74) is 0.383. The number of nitrogens with one attached hydrogen (secondary N) is 1. The van der Waals surface area contributed by atoms with E-state index in [1.54, 1.807) is 45.3 Å². The van der Waals surface area contributed by atoms with Gasteiger partial charge in [0.1, 0.15) is 11.4 Å². The number of carbonyl (C=O) groups is 2. The Morgan fingerprint density at radius 2 is 1.81 bits per heavy atom. The van der Waals surface area contributed by atoms with Gasteiger partial charge in [-0.25, -0.2) is 13.2 Å². The lowest BCUT2D eigenvalue weighted by Gasteiger charge is -2.41. The van der Waals surface area contributed by atoms with Gasteiger partial charge < -0.3 is 18.8 Å². The highest BCUT2D eigenvalue weighted by Crippen LogP contribution is 2.41. The summed E-state index contributed by atoms with van der Waals surface area (Å²) in [6.07, 6.45) is 13.7. The number of nitrogens with zero attached hydrogens (tertiary/aromatic N) is 3. The van der Waals surface area contributed by atoms with Crippen LogP contribution in [-0.2, 0) is 24.0 Å². The molecule has 2 amide bonds. The van der Waals surface area contributed by atoms with Gasteiger partial charge in [0.05, 0.1) is 30.2 Å². The number of carbonyl (C=O) groups excluding carboxylic acids is 2. The maximum atomic E-state index is 14.0. The van der Waals surface area contributed by atoms with Gasteiger partial charge in [-0.3, -0.25) is 14.5 Å². The van der Waals surface area contributed by atoms with Crippen molar-refractivity contribution >= 4 is 35.9 Å². The van der Waals surface area contributed by atoms with E-state index in [4.69, 9.17) is 19.2 Å². The van der Waals surface area contributed by atoms with Crippen molar-refractivity contribution in [2.75, 3.05) is 18.8 Å². The number of nitriles is 1. The first kappa shape index (κ1) is 42.7. The van der Waals surface area contributed by atoms with Gasteiger partial charge in [-0.05, 0) is 112 Å². The van der Waals surface area contributed by atoms with Crippen LogP contribution in [0.25, 0.3) is 5.57 Å². The maximum absolute atomic E-state index is 14.0. The number of hydrogen-bond acceptors (Lipinski definition) is 9. The van der Waals surface area contributed by atoms with Gasteiger partial charge in [-0.1, -0.05) is 63.6 Å². The Bertz CT molecular complexity index is 1820. The SMILES string of the molecule is CC(C)(C)OC(=O)N(CC[C@@]1(C(=O)NS(=O)(=O)CC#N)C=CC(c2cccc(OC3CCCCC3)c2)=CC1)C[C@H](O[Si](C)(C)C(C)(C)C)c1cccnc1. The van der Waals surface area contributed by atoms with Crippen LogP contribution in [0.4, 0.5) is 4.79 Å². The summed E-state index contributed by atoms with van der Waals surface area (Å²) < 4.78 is 46.7. The van der Waals surface area contributed by atoms with E-state index < -0.39 is 53.2 Å². The monoisotopic (exact) mass is 778 g/mol. The van der Waals surface area contributed by atoms with E-state index in [-0.39, 0.29) is 37.1 Å². The summed E-state index contributed by atoms with van der Waals surface area (Å²) in [6, 6.07) is 13.2. The summed E-state index contributed by atoms with van der Waals surface area (Å²) >= 11 is 0. The lowest BCUT2D eigenvalue weighted by molar-refractivity contribution is -0.127. The molecule has 1 saturated carbocycles. The number of hydrogen-bond donors (Lipinski definition) is 1. The first-order chi connectivity index (χ1) is 25.2. The van der Waals surface area contributed by atoms with Crippen molar-refractivity contribution < 1.29 is 31.9 Å². The van der Waals surface area contributed by atoms with Crippen molar-refractivity contribution in [2.24, 2.45) is 5.41 Å². The molecule has 1 heterocycles. The van der Waals surface area contributed by atoms with Crippen LogP contribution < -0.4 is 9.46 Å². The number of ether oxygens (including phenoxy) is 2. The quantitative estimate of drug-likeness (QED) is 0.187. The molecule has 294 valence electrons. The van der Waals surface area contributed by atoms with Crippen LogP contribution in [0.2, 0.25) is 18.1 Å². The van der Waals surface area contributed by atoms with Crippen LogP contribution in [-0.4, -0.2) is 69.2 Å². The van der Waals surface area contributed by atoms with Crippen LogP contribution in [0.5, 0.6) is 5.75 Å². The average molecular weight is 779 g/mol. The van der Waals surface area contributed by atoms with Gasteiger partial charge in [0.15, 0.2) is 14.1 Å². The van der Waals surface area contributed by atoms with Crippen molar-refractivity contribution in [3.8, 4) is 11.8 Å². The van der Waals surface area contributed by atoms with E-state index in [1.807, 2.05) is 48.6 Å². The first-order valence-electron chi connectivity index (χ1n) is 18.9. The first-order valence-corrected chi connectivity index (χ1v) is 23.4. The van der Waals surface area contributed by atoms with Gasteiger partial charge in [-0.15, -0.1) is 0 Å². The number of rotatable bonds is 14. The summed E-state index contributed by atoms with van der Waals surface area (Å²) in [5.74, 6) is -0.860. The largest absolute Gasteiger partial charge is 0.490 e. The molecule has 1 aromatic carbocycles. The maximum Gasteiger partial charge on any atom is 0.410 e. The van der Waals surface area contributed by atoms with Crippen molar-refractivity contribution in [3.63, 3.8) is 0 Å². The molecule has 2 aliphatic carbocycles. The van der Waals surface area contributed by atoms with E-state index in [0.717, 1.165) is 48.1 Å². The zero-order valence-corrected chi connectivity index (χ0v) is 35.0. The Morgan fingerprint density at radius 1 is 1.09 bits per heavy atom. The molecule has 0 bridgehead atoms. The molecule has 13 heteroatoms. The molecule has 1 aromatic heterocycles. The third-order valence-electron chi connectivity index (χ3n) is 10.4. The lowest BCUT2D eigenvalue weighted by atomic mass is 9.75. The molecule has 4 rings (SSSR count). The highest BCUT2D eigenvalue weighted by molar-refractivity contribution is 7.90. The molecule has 11 nitrogen and oxygen atoms in total. The van der Waals surface area contributed by atoms with Crippen LogP contribution in [0.15, 0.2) is 67.0 Å². The van der Waals surface area contributed by atoms with Gasteiger partial charge >= 0.3 is 6.09 Å². The number of aromatic nitrogens is 1. The Balaban J connectivity index is 1.66. The molecule has 2 aromatic rings. The van der Waals surface area contributed by atoms with E-state index in [0.29, 0.717) is 0 Å². The zero-order chi connectivity index (χ0) is 39.8. The number of allylic oxidation sites excluding steroid dienone is 3. The smallest absolute Gasteiger partial charge is 0.410 e. The molecule has 1 N–H and O–H groups in total. The molecular weight excluding hydrogens is 721 g/mol. The molecular formula is C41H58N4O7SSi. The van der Waals surface area contributed by atoms with E-state index in [9.17, 15) is 18.0 Å². The second-order valence-corrected chi connectivity index (χ2v) is 23.4. The van der Waals surface area contributed by atoms with Crippen LogP contribution in [0.1, 0.15) is 104 Å². The minimum absolute atomic E-state index is 0.0382. The minimum atomic E-state index is -4.23. The topological polar surface area (TPSA) is 148 Å². The second-order valence-electron chi connectivity index (χ2n) is 16.9. The highest BCUT2D eigenvalue weighted by Gasteiger charge is 2.42. The Hall–Kier alpha value is -3.99. The van der Waals surface area contributed by atoms with Gasteiger partial charge in [0, 0.05) is 18.9 Å². The fourth-order valence-corrected chi connectivity index (χ4v) is 8.28. The van der Waals surface area contributed by atoms with Crippen LogP contribution in [0.3, 0.4) is 0 Å². The Labute approximate surface area is 323 Å². The fourth-order valence-electron chi connectivity index (χ4n) is 6.27. The van der Waals surface area contributed by atoms with Gasteiger partial charge in [0.25, 0.3) is 0 Å². The second kappa shape index (κ2) is 17.6. The van der Waals surface area contributed by atoms with E-state index >= 15 is 0 Å². The molecule has 54 heavy (non-hydrogen) atoms. The van der Waals surface area contributed by atoms with Gasteiger partial charge in [-0.2, -0.15) is 5.26 Å². The van der Waals surface area contributed by atoms with Crippen molar-refractivity contribution in [2.45, 2.75) is 122 Å². The fraction of sp³-hybridized carbons (Fsp3) is 0.561. The predicted octanol–water partition coefficient (Wildman–Crippen LogP) is 8.48. The molecule has 0 aliphatic heterocycles. The Kier molecular flexibility index (Phi) is 14.0. The van der Waals surface area contributed by atoms with Gasteiger partial charge in [0.2, 0.25) is 15.9 Å². The molecule has 2 aliphatic rings.